The van der Waals surface area contributed by atoms with E-state index in [1.807, 2.05) is 30.3 Å². The van der Waals surface area contributed by atoms with E-state index < -0.39 is 0 Å². The molecule has 0 N–H and O–H groups in total. The smallest absolute Gasteiger partial charge is 0.0908 e. The van der Waals surface area contributed by atoms with Crippen molar-refractivity contribution in [3.05, 3.63) is 48.0 Å². The van der Waals surface area contributed by atoms with Gasteiger partial charge in [-0.25, -0.2) is 0 Å². The van der Waals surface area contributed by atoms with Crippen LogP contribution in [0, 0.1) is 17.2 Å². The SMILES string of the molecule is CC(C)[C@H](/C=C\C#N)c1ccccc1. The number of hydrogen-bond acceptors (Lipinski definition) is 1. The lowest BCUT2D eigenvalue weighted by Crippen LogP contribution is -2.03. The lowest BCUT2D eigenvalue weighted by molar-refractivity contribution is 0.578. The quantitative estimate of drug-likeness (QED) is 0.661. The number of hydrogen-bond donors (Lipinski definition) is 0. The predicted molar refractivity (Wildman–Crippen MR) is 58.8 cm³/mol. The van der Waals surface area contributed by atoms with Crippen molar-refractivity contribution in [2.75, 3.05) is 0 Å². The molecule has 0 aliphatic rings. The molecule has 0 amide bonds. The molecule has 1 nitrogen and oxygen atoms in total. The third kappa shape index (κ3) is 2.74. The van der Waals surface area contributed by atoms with Crippen molar-refractivity contribution in [3.63, 3.8) is 0 Å². The summed E-state index contributed by atoms with van der Waals surface area (Å²) in [6.45, 7) is 4.33. The van der Waals surface area contributed by atoms with Crippen molar-refractivity contribution in [2.45, 2.75) is 19.8 Å². The molecular weight excluding hydrogens is 170 g/mol. The van der Waals surface area contributed by atoms with Crippen LogP contribution in [0.25, 0.3) is 0 Å². The summed E-state index contributed by atoms with van der Waals surface area (Å²) in [5, 5.41) is 8.51. The van der Waals surface area contributed by atoms with Crippen LogP contribution in [0.2, 0.25) is 0 Å². The maximum Gasteiger partial charge on any atom is 0.0908 e. The van der Waals surface area contributed by atoms with Crippen molar-refractivity contribution in [2.24, 2.45) is 5.92 Å². The normalized spacial score (nSPS) is 13.0. The van der Waals surface area contributed by atoms with Crippen LogP contribution in [0.15, 0.2) is 42.5 Å². The van der Waals surface area contributed by atoms with Crippen molar-refractivity contribution in [1.29, 1.82) is 5.26 Å². The van der Waals surface area contributed by atoms with E-state index in [1.165, 1.54) is 5.56 Å². The van der Waals surface area contributed by atoms with Crippen LogP contribution in [-0.4, -0.2) is 0 Å². The fraction of sp³-hybridized carbons (Fsp3) is 0.308. The van der Waals surface area contributed by atoms with Gasteiger partial charge >= 0.3 is 0 Å². The number of rotatable bonds is 3. The van der Waals surface area contributed by atoms with Crippen molar-refractivity contribution < 1.29 is 0 Å². The second kappa shape index (κ2) is 5.24. The molecule has 0 saturated carbocycles. The largest absolute Gasteiger partial charge is 0.193 e. The fourth-order valence-corrected chi connectivity index (χ4v) is 1.54. The number of allylic oxidation sites excluding steroid dienone is 2. The Kier molecular flexibility index (Phi) is 3.94. The fourth-order valence-electron chi connectivity index (χ4n) is 1.54. The maximum absolute atomic E-state index is 8.51. The van der Waals surface area contributed by atoms with Crippen molar-refractivity contribution >= 4 is 0 Å². The Morgan fingerprint density at radius 1 is 1.21 bits per heavy atom. The minimum absolute atomic E-state index is 0.343. The zero-order valence-corrected chi connectivity index (χ0v) is 8.64. The second-order valence-corrected chi connectivity index (χ2v) is 3.67. The molecule has 0 radical (unpaired) electrons. The first kappa shape index (κ1) is 10.5. The molecule has 0 heterocycles. The van der Waals surface area contributed by atoms with E-state index in [9.17, 15) is 0 Å². The standard InChI is InChI=1S/C13H15N/c1-11(2)13(9-6-10-14)12-7-4-3-5-8-12/h3-9,11,13H,1-2H3/b9-6-/t13-/m0/s1. The van der Waals surface area contributed by atoms with Crippen LogP contribution in [0.4, 0.5) is 0 Å². The average Bonchev–Trinajstić information content (AvgIpc) is 2.19. The van der Waals surface area contributed by atoms with Crippen LogP contribution in [-0.2, 0) is 0 Å². The van der Waals surface area contributed by atoms with E-state index >= 15 is 0 Å². The first-order chi connectivity index (χ1) is 6.75. The summed E-state index contributed by atoms with van der Waals surface area (Å²) in [4.78, 5) is 0. The monoisotopic (exact) mass is 185 g/mol. The topological polar surface area (TPSA) is 23.8 Å². The molecule has 0 spiro atoms. The lowest BCUT2D eigenvalue weighted by atomic mass is 9.88. The van der Waals surface area contributed by atoms with Gasteiger partial charge < -0.3 is 0 Å². The summed E-state index contributed by atoms with van der Waals surface area (Å²) < 4.78 is 0. The maximum atomic E-state index is 8.51. The highest BCUT2D eigenvalue weighted by Gasteiger charge is 2.11. The third-order valence-corrected chi connectivity index (χ3v) is 2.28. The molecular formula is C13H15N. The lowest BCUT2D eigenvalue weighted by Gasteiger charge is -2.16. The predicted octanol–water partition coefficient (Wildman–Crippen LogP) is 3.51. The van der Waals surface area contributed by atoms with Gasteiger partial charge in [-0.3, -0.25) is 0 Å². The summed E-state index contributed by atoms with van der Waals surface area (Å²) >= 11 is 0. The number of nitriles is 1. The highest BCUT2D eigenvalue weighted by Crippen LogP contribution is 2.25. The van der Waals surface area contributed by atoms with Crippen LogP contribution < -0.4 is 0 Å². The van der Waals surface area contributed by atoms with Crippen LogP contribution in [0.3, 0.4) is 0 Å². The van der Waals surface area contributed by atoms with Crippen LogP contribution in [0.5, 0.6) is 0 Å². The Balaban J connectivity index is 2.90. The zero-order chi connectivity index (χ0) is 10.4. The first-order valence-corrected chi connectivity index (χ1v) is 4.87. The molecule has 1 rings (SSSR count). The Bertz CT molecular complexity index is 330. The molecule has 1 atom stereocenters. The summed E-state index contributed by atoms with van der Waals surface area (Å²) in [6, 6.07) is 12.3. The van der Waals surface area contributed by atoms with Gasteiger partial charge in [-0.1, -0.05) is 50.3 Å². The summed E-state index contributed by atoms with van der Waals surface area (Å²) in [5.74, 6) is 0.859. The van der Waals surface area contributed by atoms with Gasteiger partial charge in [-0.2, -0.15) is 5.26 Å². The molecule has 0 unspecified atom stereocenters. The van der Waals surface area contributed by atoms with Gasteiger partial charge in [0.25, 0.3) is 0 Å². The van der Waals surface area contributed by atoms with Gasteiger partial charge in [0.15, 0.2) is 0 Å². The Hall–Kier alpha value is -1.55. The van der Waals surface area contributed by atoms with Gasteiger partial charge in [-0.05, 0) is 11.5 Å². The molecule has 0 bridgehead atoms. The Morgan fingerprint density at radius 2 is 1.86 bits per heavy atom. The third-order valence-electron chi connectivity index (χ3n) is 2.28. The van der Waals surface area contributed by atoms with Gasteiger partial charge in [0.2, 0.25) is 0 Å². The van der Waals surface area contributed by atoms with E-state index in [1.54, 1.807) is 6.08 Å². The van der Waals surface area contributed by atoms with Gasteiger partial charge in [0.1, 0.15) is 0 Å². The molecule has 14 heavy (non-hydrogen) atoms. The molecule has 0 saturated heterocycles. The van der Waals surface area contributed by atoms with Crippen LogP contribution >= 0.6 is 0 Å². The summed E-state index contributed by atoms with van der Waals surface area (Å²) in [6.07, 6.45) is 3.54. The molecule has 0 fully saturated rings. The highest BCUT2D eigenvalue weighted by molar-refractivity contribution is 5.25. The first-order valence-electron chi connectivity index (χ1n) is 4.87. The van der Waals surface area contributed by atoms with Gasteiger partial charge in [0.05, 0.1) is 6.07 Å². The Morgan fingerprint density at radius 3 is 2.36 bits per heavy atom. The van der Waals surface area contributed by atoms with E-state index in [2.05, 4.69) is 26.0 Å². The minimum Gasteiger partial charge on any atom is -0.193 e. The minimum atomic E-state index is 0.343. The molecule has 72 valence electrons. The van der Waals surface area contributed by atoms with E-state index in [0.717, 1.165) is 0 Å². The molecule has 1 heteroatoms. The Labute approximate surface area is 85.7 Å². The van der Waals surface area contributed by atoms with Gasteiger partial charge in [-0.15, -0.1) is 0 Å². The van der Waals surface area contributed by atoms with E-state index in [0.29, 0.717) is 11.8 Å². The van der Waals surface area contributed by atoms with E-state index in [4.69, 9.17) is 5.26 Å². The van der Waals surface area contributed by atoms with Crippen LogP contribution in [0.1, 0.15) is 25.3 Å². The second-order valence-electron chi connectivity index (χ2n) is 3.67. The number of nitrogens with zero attached hydrogens (tertiary/aromatic N) is 1. The summed E-state index contributed by atoms with van der Waals surface area (Å²) in [5.41, 5.74) is 1.27. The van der Waals surface area contributed by atoms with Crippen molar-refractivity contribution in [1.82, 2.24) is 0 Å². The van der Waals surface area contributed by atoms with Gasteiger partial charge in [0, 0.05) is 12.0 Å². The molecule has 0 aromatic heterocycles. The molecule has 0 aliphatic carbocycles. The molecule has 0 aliphatic heterocycles. The summed E-state index contributed by atoms with van der Waals surface area (Å²) in [7, 11) is 0. The van der Waals surface area contributed by atoms with Crippen molar-refractivity contribution in [3.8, 4) is 6.07 Å². The molecule has 1 aromatic carbocycles. The highest BCUT2D eigenvalue weighted by atomic mass is 14.2. The molecule has 1 aromatic rings. The zero-order valence-electron chi connectivity index (χ0n) is 8.64. The average molecular weight is 185 g/mol. The van der Waals surface area contributed by atoms with E-state index in [-0.39, 0.29) is 0 Å². The number of benzene rings is 1.